The van der Waals surface area contributed by atoms with Crippen LogP contribution < -0.4 is 0 Å². The second-order valence-electron chi connectivity index (χ2n) is 2.03. The lowest BCUT2D eigenvalue weighted by Gasteiger charge is -1.96. The smallest absolute Gasteiger partial charge is 0.191 e. The minimum absolute atomic E-state index is 0.623. The first-order chi connectivity index (χ1) is 5.20. The molecule has 0 N–H and O–H groups in total. The quantitative estimate of drug-likeness (QED) is 0.678. The zero-order valence-electron chi connectivity index (χ0n) is 6.12. The fraction of sp³-hybridized carbons (Fsp3) is 0.333. The fourth-order valence-electron chi connectivity index (χ4n) is 0.546. The zero-order valence-corrected chi connectivity index (χ0v) is 7.69. The van der Waals surface area contributed by atoms with E-state index in [4.69, 9.17) is 11.6 Å². The third-order valence-corrected chi connectivity index (χ3v) is 2.44. The highest BCUT2D eigenvalue weighted by Crippen LogP contribution is 2.17. The Morgan fingerprint density at radius 1 is 1.91 bits per heavy atom. The molecule has 3 nitrogen and oxygen atoms in total. The molecule has 0 spiro atoms. The van der Waals surface area contributed by atoms with Crippen molar-refractivity contribution in [1.29, 1.82) is 0 Å². The highest BCUT2D eigenvalue weighted by molar-refractivity contribution is 7.99. The number of hydrogen-bond acceptors (Lipinski definition) is 3. The van der Waals surface area contributed by atoms with E-state index in [-0.39, 0.29) is 0 Å². The van der Waals surface area contributed by atoms with E-state index in [1.807, 2.05) is 11.6 Å². The molecule has 0 unspecified atom stereocenters. The Labute approximate surface area is 74.5 Å². The van der Waals surface area contributed by atoms with Gasteiger partial charge < -0.3 is 4.57 Å². The predicted molar refractivity (Wildman–Crippen MR) is 46.7 cm³/mol. The summed E-state index contributed by atoms with van der Waals surface area (Å²) < 4.78 is 1.84. The van der Waals surface area contributed by atoms with Crippen molar-refractivity contribution < 1.29 is 0 Å². The lowest BCUT2D eigenvalue weighted by Crippen LogP contribution is -1.89. The van der Waals surface area contributed by atoms with Gasteiger partial charge in [-0.2, -0.15) is 0 Å². The Morgan fingerprint density at radius 3 is 3.09 bits per heavy atom. The number of rotatable bonds is 3. The Hall–Kier alpha value is -0.480. The van der Waals surface area contributed by atoms with Gasteiger partial charge >= 0.3 is 0 Å². The van der Waals surface area contributed by atoms with E-state index < -0.39 is 0 Å². The molecule has 0 radical (unpaired) electrons. The number of hydrogen-bond donors (Lipinski definition) is 0. The van der Waals surface area contributed by atoms with Crippen LogP contribution in [0.5, 0.6) is 0 Å². The fourth-order valence-corrected chi connectivity index (χ4v) is 1.35. The zero-order chi connectivity index (χ0) is 8.27. The summed E-state index contributed by atoms with van der Waals surface area (Å²) in [5, 5.41) is 9.06. The molecule has 0 aliphatic rings. The number of thioether (sulfide) groups is 1. The molecule has 0 atom stereocenters. The van der Waals surface area contributed by atoms with Crippen LogP contribution in [0.3, 0.4) is 0 Å². The molecular weight excluding hydrogens is 182 g/mol. The third-order valence-electron chi connectivity index (χ3n) is 1.03. The molecule has 1 aromatic rings. The van der Waals surface area contributed by atoms with Gasteiger partial charge in [0, 0.05) is 17.8 Å². The molecule has 11 heavy (non-hydrogen) atoms. The SMILES string of the molecule is C=C(Cl)CSc1nncn1C. The van der Waals surface area contributed by atoms with Crippen LogP contribution in [0.25, 0.3) is 0 Å². The van der Waals surface area contributed by atoms with Crippen LogP contribution in [0.2, 0.25) is 0 Å². The highest BCUT2D eigenvalue weighted by Gasteiger charge is 2.00. The van der Waals surface area contributed by atoms with E-state index >= 15 is 0 Å². The summed E-state index contributed by atoms with van der Waals surface area (Å²) in [6.45, 7) is 3.57. The summed E-state index contributed by atoms with van der Waals surface area (Å²) in [7, 11) is 1.89. The van der Waals surface area contributed by atoms with Crippen LogP contribution in [0, 0.1) is 0 Å². The van der Waals surface area contributed by atoms with Crippen molar-refractivity contribution in [3.8, 4) is 0 Å². The van der Waals surface area contributed by atoms with Crippen molar-refractivity contribution in [2.75, 3.05) is 5.75 Å². The first kappa shape index (κ1) is 8.62. The van der Waals surface area contributed by atoms with Crippen molar-refractivity contribution in [1.82, 2.24) is 14.8 Å². The molecule has 0 bridgehead atoms. The van der Waals surface area contributed by atoms with Gasteiger partial charge in [-0.3, -0.25) is 0 Å². The molecule has 0 saturated heterocycles. The first-order valence-electron chi connectivity index (χ1n) is 3.00. The van der Waals surface area contributed by atoms with Crippen molar-refractivity contribution in [3.05, 3.63) is 17.9 Å². The molecule has 0 aromatic carbocycles. The molecule has 60 valence electrons. The molecular formula is C6H8ClN3S. The number of halogens is 1. The first-order valence-corrected chi connectivity index (χ1v) is 4.36. The van der Waals surface area contributed by atoms with Gasteiger partial charge in [0.15, 0.2) is 5.16 Å². The molecule has 1 rings (SSSR count). The van der Waals surface area contributed by atoms with Crippen molar-refractivity contribution >= 4 is 23.4 Å². The summed E-state index contributed by atoms with van der Waals surface area (Å²) in [4.78, 5) is 0. The van der Waals surface area contributed by atoms with E-state index in [0.29, 0.717) is 10.8 Å². The van der Waals surface area contributed by atoms with Gasteiger partial charge in [0.05, 0.1) is 0 Å². The molecule has 1 heterocycles. The van der Waals surface area contributed by atoms with Gasteiger partial charge in [-0.25, -0.2) is 0 Å². The van der Waals surface area contributed by atoms with Crippen LogP contribution in [-0.2, 0) is 7.05 Å². The lowest BCUT2D eigenvalue weighted by molar-refractivity contribution is 0.789. The maximum absolute atomic E-state index is 5.57. The van der Waals surface area contributed by atoms with Crippen LogP contribution in [0.15, 0.2) is 23.1 Å². The minimum Gasteiger partial charge on any atom is -0.312 e. The van der Waals surface area contributed by atoms with Gasteiger partial charge in [0.2, 0.25) is 0 Å². The minimum atomic E-state index is 0.623. The number of aryl methyl sites for hydroxylation is 1. The molecule has 0 saturated carbocycles. The summed E-state index contributed by atoms with van der Waals surface area (Å²) in [5.41, 5.74) is 0. The molecule has 0 aliphatic heterocycles. The second-order valence-corrected chi connectivity index (χ2v) is 3.51. The summed E-state index contributed by atoms with van der Waals surface area (Å²) >= 11 is 7.09. The maximum Gasteiger partial charge on any atom is 0.191 e. The number of nitrogens with zero attached hydrogens (tertiary/aromatic N) is 3. The van der Waals surface area contributed by atoms with Crippen molar-refractivity contribution in [3.63, 3.8) is 0 Å². The van der Waals surface area contributed by atoms with Crippen LogP contribution in [0.1, 0.15) is 0 Å². The van der Waals surface area contributed by atoms with Gasteiger partial charge in [-0.1, -0.05) is 29.9 Å². The van der Waals surface area contributed by atoms with Gasteiger partial charge in [0.25, 0.3) is 0 Å². The van der Waals surface area contributed by atoms with E-state index in [0.717, 1.165) is 5.16 Å². The van der Waals surface area contributed by atoms with Crippen molar-refractivity contribution in [2.24, 2.45) is 7.05 Å². The molecule has 0 aliphatic carbocycles. The third kappa shape index (κ3) is 2.55. The highest BCUT2D eigenvalue weighted by atomic mass is 35.5. The predicted octanol–water partition coefficient (Wildman–Crippen LogP) is 1.66. The molecule has 1 aromatic heterocycles. The number of aromatic nitrogens is 3. The van der Waals surface area contributed by atoms with E-state index in [1.165, 1.54) is 11.8 Å². The van der Waals surface area contributed by atoms with E-state index in [2.05, 4.69) is 16.8 Å². The molecule has 5 heteroatoms. The van der Waals surface area contributed by atoms with Gasteiger partial charge in [-0.15, -0.1) is 10.2 Å². The standard InChI is InChI=1S/C6H8ClN3S/c1-5(7)3-11-6-9-8-4-10(6)2/h4H,1,3H2,2H3. The maximum atomic E-state index is 5.57. The summed E-state index contributed by atoms with van der Waals surface area (Å²) in [6, 6.07) is 0. The average Bonchev–Trinajstić information content (AvgIpc) is 2.31. The normalized spacial score (nSPS) is 10.0. The Bertz CT molecular complexity index is 258. The largest absolute Gasteiger partial charge is 0.312 e. The van der Waals surface area contributed by atoms with Crippen LogP contribution >= 0.6 is 23.4 Å². The Kier molecular flexibility index (Phi) is 2.96. The Balaban J connectivity index is 2.51. The van der Waals surface area contributed by atoms with Crippen LogP contribution in [-0.4, -0.2) is 20.5 Å². The summed E-state index contributed by atoms with van der Waals surface area (Å²) in [5.74, 6) is 0.675. The topological polar surface area (TPSA) is 30.7 Å². The second kappa shape index (κ2) is 3.78. The van der Waals surface area contributed by atoms with Crippen molar-refractivity contribution in [2.45, 2.75) is 5.16 Å². The van der Waals surface area contributed by atoms with Gasteiger partial charge in [0.1, 0.15) is 6.33 Å². The monoisotopic (exact) mass is 189 g/mol. The van der Waals surface area contributed by atoms with Crippen LogP contribution in [0.4, 0.5) is 0 Å². The van der Waals surface area contributed by atoms with E-state index in [9.17, 15) is 0 Å². The molecule has 0 fully saturated rings. The Morgan fingerprint density at radius 2 is 2.64 bits per heavy atom. The van der Waals surface area contributed by atoms with E-state index in [1.54, 1.807) is 6.33 Å². The average molecular weight is 190 g/mol. The lowest BCUT2D eigenvalue weighted by atomic mass is 10.7. The molecule has 0 amide bonds. The van der Waals surface area contributed by atoms with Gasteiger partial charge in [-0.05, 0) is 0 Å². The summed E-state index contributed by atoms with van der Waals surface area (Å²) in [6.07, 6.45) is 1.65.